The van der Waals surface area contributed by atoms with Gasteiger partial charge in [-0.25, -0.2) is 0 Å². The number of nitrogens with zero attached hydrogens (tertiary/aromatic N) is 1. The minimum Gasteiger partial charge on any atom is -0.382 e. The fourth-order valence-electron chi connectivity index (χ4n) is 3.08. The van der Waals surface area contributed by atoms with Gasteiger partial charge in [-0.1, -0.05) is 22.0 Å². The first kappa shape index (κ1) is 18.5. The van der Waals surface area contributed by atoms with Crippen LogP contribution in [-0.2, 0) is 14.3 Å². The number of amides is 4. The lowest BCUT2D eigenvalue weighted by Gasteiger charge is -2.27. The Balaban J connectivity index is 1.78. The van der Waals surface area contributed by atoms with E-state index in [1.165, 1.54) is 0 Å². The first-order chi connectivity index (χ1) is 12.5. The van der Waals surface area contributed by atoms with Gasteiger partial charge in [0.25, 0.3) is 11.8 Å². The van der Waals surface area contributed by atoms with Crippen molar-refractivity contribution in [2.45, 2.75) is 18.9 Å². The summed E-state index contributed by atoms with van der Waals surface area (Å²) in [4.78, 5) is 49.9. The third-order valence-electron chi connectivity index (χ3n) is 4.25. The van der Waals surface area contributed by atoms with Gasteiger partial charge in [-0.2, -0.15) is 0 Å². The number of hydrogen-bond acceptors (Lipinski definition) is 6. The van der Waals surface area contributed by atoms with Gasteiger partial charge in [0, 0.05) is 24.0 Å². The highest BCUT2D eigenvalue weighted by atomic mass is 79.9. The maximum absolute atomic E-state index is 12.9. The molecule has 2 N–H and O–H groups in total. The summed E-state index contributed by atoms with van der Waals surface area (Å²) in [5.74, 6) is -2.05. The van der Waals surface area contributed by atoms with Crippen LogP contribution in [0.25, 0.3) is 0 Å². The molecule has 1 fully saturated rings. The zero-order chi connectivity index (χ0) is 18.7. The summed E-state index contributed by atoms with van der Waals surface area (Å²) < 4.78 is 5.36. The van der Waals surface area contributed by atoms with Crippen LogP contribution in [0, 0.1) is 0 Å². The van der Waals surface area contributed by atoms with E-state index in [9.17, 15) is 19.2 Å². The molecule has 0 bridgehead atoms. The number of rotatable bonds is 7. The second-order valence-corrected chi connectivity index (χ2v) is 6.70. The van der Waals surface area contributed by atoms with E-state index >= 15 is 0 Å². The van der Waals surface area contributed by atoms with Gasteiger partial charge >= 0.3 is 0 Å². The van der Waals surface area contributed by atoms with Gasteiger partial charge in [-0.05, 0) is 18.6 Å². The molecule has 0 radical (unpaired) electrons. The highest BCUT2D eigenvalue weighted by Crippen LogP contribution is 2.32. The molecule has 0 saturated carbocycles. The van der Waals surface area contributed by atoms with E-state index in [1.807, 2.05) is 0 Å². The third kappa shape index (κ3) is 3.49. The number of imide groups is 2. The molecule has 1 atom stereocenters. The normalized spacial score (nSPS) is 19.6. The smallest absolute Gasteiger partial charge is 0.264 e. The quantitative estimate of drug-likeness (QED) is 0.383. The molecule has 0 spiro atoms. The van der Waals surface area contributed by atoms with Crippen LogP contribution < -0.4 is 10.6 Å². The summed E-state index contributed by atoms with van der Waals surface area (Å²) in [6.45, 7) is 1.51. The highest BCUT2D eigenvalue weighted by Gasteiger charge is 2.45. The Hall–Kier alpha value is -2.26. The highest BCUT2D eigenvalue weighted by molar-refractivity contribution is 9.09. The number of benzene rings is 1. The van der Waals surface area contributed by atoms with Crippen molar-refractivity contribution in [2.24, 2.45) is 0 Å². The molecule has 9 heteroatoms. The Morgan fingerprint density at radius 2 is 2.00 bits per heavy atom. The van der Waals surface area contributed by atoms with Crippen LogP contribution in [0.3, 0.4) is 0 Å². The van der Waals surface area contributed by atoms with Crippen molar-refractivity contribution in [1.82, 2.24) is 10.2 Å². The fourth-order valence-corrected chi connectivity index (χ4v) is 3.31. The van der Waals surface area contributed by atoms with E-state index in [-0.39, 0.29) is 24.0 Å². The molecule has 2 aliphatic heterocycles. The second-order valence-electron chi connectivity index (χ2n) is 5.90. The van der Waals surface area contributed by atoms with E-state index in [0.717, 1.165) is 10.2 Å². The Kier molecular flexibility index (Phi) is 5.67. The van der Waals surface area contributed by atoms with Crippen LogP contribution in [0.15, 0.2) is 18.2 Å². The van der Waals surface area contributed by atoms with Crippen molar-refractivity contribution in [3.63, 3.8) is 0 Å². The molecule has 4 amide bonds. The van der Waals surface area contributed by atoms with Gasteiger partial charge in [0.1, 0.15) is 6.04 Å². The minimum absolute atomic E-state index is 0.0971. The Labute approximate surface area is 158 Å². The summed E-state index contributed by atoms with van der Waals surface area (Å²) in [5.41, 5.74) is 1.03. The van der Waals surface area contributed by atoms with E-state index in [1.54, 1.807) is 18.2 Å². The van der Waals surface area contributed by atoms with Gasteiger partial charge in [-0.3, -0.25) is 29.4 Å². The molecule has 3 rings (SSSR count). The predicted molar refractivity (Wildman–Crippen MR) is 96.2 cm³/mol. The molecule has 1 aromatic carbocycles. The van der Waals surface area contributed by atoms with E-state index in [4.69, 9.17) is 4.74 Å². The lowest BCUT2D eigenvalue weighted by molar-refractivity contribution is -0.136. The molecule has 0 aromatic heterocycles. The maximum Gasteiger partial charge on any atom is 0.264 e. The Bertz CT molecular complexity index is 767. The van der Waals surface area contributed by atoms with Crippen LogP contribution in [0.2, 0.25) is 0 Å². The zero-order valence-corrected chi connectivity index (χ0v) is 15.5. The number of hydrogen-bond donors (Lipinski definition) is 2. The van der Waals surface area contributed by atoms with Gasteiger partial charge in [0.2, 0.25) is 11.8 Å². The topological polar surface area (TPSA) is 105 Å². The summed E-state index contributed by atoms with van der Waals surface area (Å²) in [6.07, 6.45) is 0.235. The summed E-state index contributed by atoms with van der Waals surface area (Å²) >= 11 is 3.27. The lowest BCUT2D eigenvalue weighted by atomic mass is 10.0. The standard InChI is InChI=1S/C17H18BrN3O5/c18-6-8-26-9-7-19-11-3-1-2-10-14(11)17(25)21(16(10)24)12-4-5-13(22)20-15(12)23/h1-3,12,19H,4-9H2,(H,20,22,23). The van der Waals surface area contributed by atoms with Crippen LogP contribution >= 0.6 is 15.9 Å². The molecule has 1 unspecified atom stereocenters. The summed E-state index contributed by atoms with van der Waals surface area (Å²) in [5, 5.41) is 6.02. The lowest BCUT2D eigenvalue weighted by Crippen LogP contribution is -2.54. The first-order valence-corrected chi connectivity index (χ1v) is 9.39. The number of anilines is 1. The van der Waals surface area contributed by atoms with E-state index in [0.29, 0.717) is 25.4 Å². The molecule has 8 nitrogen and oxygen atoms in total. The van der Waals surface area contributed by atoms with Crippen molar-refractivity contribution in [3.8, 4) is 0 Å². The Morgan fingerprint density at radius 3 is 2.73 bits per heavy atom. The number of carbonyl (C=O) groups excluding carboxylic acids is 4. The minimum atomic E-state index is -0.963. The molecule has 1 saturated heterocycles. The fraction of sp³-hybridized carbons (Fsp3) is 0.412. The Morgan fingerprint density at radius 1 is 1.19 bits per heavy atom. The van der Waals surface area contributed by atoms with E-state index < -0.39 is 29.7 Å². The second kappa shape index (κ2) is 7.96. The monoisotopic (exact) mass is 423 g/mol. The molecule has 138 valence electrons. The number of ether oxygens (including phenoxy) is 1. The van der Waals surface area contributed by atoms with E-state index in [2.05, 4.69) is 26.6 Å². The molecular weight excluding hydrogens is 406 g/mol. The molecule has 26 heavy (non-hydrogen) atoms. The third-order valence-corrected chi connectivity index (χ3v) is 4.58. The van der Waals surface area contributed by atoms with Crippen LogP contribution in [0.5, 0.6) is 0 Å². The summed E-state index contributed by atoms with van der Waals surface area (Å²) in [7, 11) is 0. The zero-order valence-electron chi connectivity index (χ0n) is 13.9. The van der Waals surface area contributed by atoms with Crippen molar-refractivity contribution >= 4 is 45.2 Å². The van der Waals surface area contributed by atoms with Crippen molar-refractivity contribution in [3.05, 3.63) is 29.3 Å². The van der Waals surface area contributed by atoms with Crippen LogP contribution in [0.4, 0.5) is 5.69 Å². The molecular formula is C17H18BrN3O5. The van der Waals surface area contributed by atoms with Crippen LogP contribution in [-0.4, -0.2) is 59.7 Å². The number of nitrogens with one attached hydrogen (secondary N) is 2. The molecule has 2 heterocycles. The molecule has 2 aliphatic rings. The van der Waals surface area contributed by atoms with Crippen molar-refractivity contribution in [1.29, 1.82) is 0 Å². The average molecular weight is 424 g/mol. The van der Waals surface area contributed by atoms with Gasteiger partial charge in [0.15, 0.2) is 0 Å². The molecule has 1 aromatic rings. The van der Waals surface area contributed by atoms with Crippen molar-refractivity contribution < 1.29 is 23.9 Å². The van der Waals surface area contributed by atoms with Gasteiger partial charge < -0.3 is 10.1 Å². The first-order valence-electron chi connectivity index (χ1n) is 8.26. The number of carbonyl (C=O) groups is 4. The van der Waals surface area contributed by atoms with Crippen molar-refractivity contribution in [2.75, 3.05) is 30.4 Å². The number of fused-ring (bicyclic) bond motifs is 1. The number of halogens is 1. The SMILES string of the molecule is O=C1CCC(N2C(=O)c3cccc(NCCOCCBr)c3C2=O)C(=O)N1. The number of alkyl halides is 1. The van der Waals surface area contributed by atoms with Crippen LogP contribution in [0.1, 0.15) is 33.6 Å². The maximum atomic E-state index is 12.9. The molecule has 0 aliphatic carbocycles. The summed E-state index contributed by atoms with van der Waals surface area (Å²) in [6, 6.07) is 3.99. The predicted octanol–water partition coefficient (Wildman–Crippen LogP) is 0.911. The largest absolute Gasteiger partial charge is 0.382 e. The van der Waals surface area contributed by atoms with Gasteiger partial charge in [-0.15, -0.1) is 0 Å². The van der Waals surface area contributed by atoms with Gasteiger partial charge in [0.05, 0.1) is 24.3 Å². The number of piperidine rings is 1. The average Bonchev–Trinajstić information content (AvgIpc) is 2.87.